The molecule has 6 heteroatoms. The molecule has 0 aromatic heterocycles. The zero-order valence-electron chi connectivity index (χ0n) is 7.07. The minimum Gasteiger partial charge on any atom is -0.481 e. The minimum absolute atomic E-state index is 0.0458. The van der Waals surface area contributed by atoms with E-state index < -0.39 is 21.2 Å². The maximum Gasteiger partial charge on any atom is 0.304 e. The first-order valence-corrected chi connectivity index (χ1v) is 5.11. The average Bonchev–Trinajstić information content (AvgIpc) is 1.85. The second kappa shape index (κ2) is 4.42. The van der Waals surface area contributed by atoms with Gasteiger partial charge in [0.05, 0.1) is 11.7 Å². The molecule has 0 unspecified atom stereocenters. The van der Waals surface area contributed by atoms with Gasteiger partial charge in [0.25, 0.3) is 0 Å². The predicted molar refractivity (Wildman–Crippen MR) is 44.3 cm³/mol. The third kappa shape index (κ3) is 4.30. The van der Waals surface area contributed by atoms with Crippen molar-refractivity contribution in [1.82, 2.24) is 4.72 Å². The summed E-state index contributed by atoms with van der Waals surface area (Å²) in [4.78, 5) is 10.0. The molecule has 0 aromatic carbocycles. The molecule has 0 amide bonds. The van der Waals surface area contributed by atoms with Crippen molar-refractivity contribution >= 4 is 16.0 Å². The van der Waals surface area contributed by atoms with E-state index in [0.717, 1.165) is 0 Å². The van der Waals surface area contributed by atoms with Gasteiger partial charge in [-0.15, -0.1) is 0 Å². The maximum absolute atomic E-state index is 11.0. The van der Waals surface area contributed by atoms with E-state index in [9.17, 15) is 13.2 Å². The van der Waals surface area contributed by atoms with E-state index in [4.69, 9.17) is 5.11 Å². The highest BCUT2D eigenvalue weighted by atomic mass is 32.2. The van der Waals surface area contributed by atoms with Crippen LogP contribution in [0.2, 0.25) is 0 Å². The zero-order chi connectivity index (χ0) is 9.78. The average molecular weight is 195 g/mol. The fraction of sp³-hybridized carbons (Fsp3) is 0.833. The molecular formula is C6H13NO4S. The summed E-state index contributed by atoms with van der Waals surface area (Å²) in [6, 6.07) is 0. The van der Waals surface area contributed by atoms with Crippen LogP contribution in [0.15, 0.2) is 0 Å². The standard InChI is InChI=1S/C6H13NO4S/c1-5(2)12(10,11)7-4-3-6(8)9/h5,7H,3-4H2,1-2H3,(H,8,9). The summed E-state index contributed by atoms with van der Waals surface area (Å²) in [6.07, 6.45) is -0.189. The highest BCUT2D eigenvalue weighted by molar-refractivity contribution is 7.90. The van der Waals surface area contributed by atoms with E-state index in [1.807, 2.05) is 0 Å². The van der Waals surface area contributed by atoms with Crippen molar-refractivity contribution < 1.29 is 18.3 Å². The second-order valence-electron chi connectivity index (χ2n) is 2.63. The van der Waals surface area contributed by atoms with Gasteiger partial charge in [-0.25, -0.2) is 13.1 Å². The molecule has 2 N–H and O–H groups in total. The van der Waals surface area contributed by atoms with Crippen LogP contribution in [-0.4, -0.2) is 31.3 Å². The van der Waals surface area contributed by atoms with Crippen LogP contribution < -0.4 is 4.72 Å². The lowest BCUT2D eigenvalue weighted by Crippen LogP contribution is -2.32. The molecule has 0 aliphatic heterocycles. The van der Waals surface area contributed by atoms with Crippen molar-refractivity contribution in [3.05, 3.63) is 0 Å². The Balaban J connectivity index is 3.86. The highest BCUT2D eigenvalue weighted by Crippen LogP contribution is 1.95. The quantitative estimate of drug-likeness (QED) is 0.635. The van der Waals surface area contributed by atoms with Crippen LogP contribution in [0.25, 0.3) is 0 Å². The normalized spacial score (nSPS) is 11.9. The summed E-state index contributed by atoms with van der Waals surface area (Å²) in [5.41, 5.74) is 0. The van der Waals surface area contributed by atoms with E-state index in [1.165, 1.54) is 13.8 Å². The Kier molecular flexibility index (Phi) is 4.19. The van der Waals surface area contributed by atoms with Gasteiger partial charge in [-0.1, -0.05) is 0 Å². The van der Waals surface area contributed by atoms with Crippen LogP contribution >= 0.6 is 0 Å². The molecule has 5 nitrogen and oxygen atoms in total. The molecule has 0 saturated heterocycles. The van der Waals surface area contributed by atoms with Crippen LogP contribution in [0.3, 0.4) is 0 Å². The third-order valence-corrected chi connectivity index (χ3v) is 3.11. The summed E-state index contributed by atoms with van der Waals surface area (Å²) in [7, 11) is -3.31. The van der Waals surface area contributed by atoms with Crippen LogP contribution in [0.5, 0.6) is 0 Å². The first-order valence-electron chi connectivity index (χ1n) is 3.56. The number of hydrogen-bond acceptors (Lipinski definition) is 3. The molecule has 12 heavy (non-hydrogen) atoms. The van der Waals surface area contributed by atoms with E-state index in [1.54, 1.807) is 0 Å². The van der Waals surface area contributed by atoms with Gasteiger partial charge in [-0.3, -0.25) is 4.79 Å². The lowest BCUT2D eigenvalue weighted by atomic mass is 10.5. The van der Waals surface area contributed by atoms with Crippen LogP contribution in [0.1, 0.15) is 20.3 Å². The number of nitrogens with one attached hydrogen (secondary N) is 1. The molecule has 72 valence electrons. The molecule has 0 saturated carbocycles. The first-order chi connectivity index (χ1) is 5.36. The first kappa shape index (κ1) is 11.4. The molecule has 0 aliphatic carbocycles. The van der Waals surface area contributed by atoms with Crippen molar-refractivity contribution in [1.29, 1.82) is 0 Å². The summed E-state index contributed by atoms with van der Waals surface area (Å²) >= 11 is 0. The van der Waals surface area contributed by atoms with Gasteiger partial charge in [0, 0.05) is 6.54 Å². The van der Waals surface area contributed by atoms with Gasteiger partial charge >= 0.3 is 5.97 Å². The number of rotatable bonds is 5. The zero-order valence-corrected chi connectivity index (χ0v) is 7.89. The lowest BCUT2D eigenvalue weighted by Gasteiger charge is -2.07. The minimum atomic E-state index is -3.31. The Morgan fingerprint density at radius 1 is 1.50 bits per heavy atom. The maximum atomic E-state index is 11.0. The third-order valence-electron chi connectivity index (χ3n) is 1.26. The van der Waals surface area contributed by atoms with E-state index in [0.29, 0.717) is 0 Å². The molecule has 0 heterocycles. The Morgan fingerprint density at radius 2 is 2.00 bits per heavy atom. The summed E-state index contributed by atoms with van der Waals surface area (Å²) in [5.74, 6) is -1.01. The lowest BCUT2D eigenvalue weighted by molar-refractivity contribution is -0.136. The molecule has 0 radical (unpaired) electrons. The summed E-state index contributed by atoms with van der Waals surface area (Å²) < 4.78 is 24.2. The number of carbonyl (C=O) groups is 1. The second-order valence-corrected chi connectivity index (χ2v) is 4.95. The molecule has 0 rings (SSSR count). The fourth-order valence-electron chi connectivity index (χ4n) is 0.467. The summed E-state index contributed by atoms with van der Waals surface area (Å²) in [5, 5.41) is 7.69. The fourth-order valence-corrected chi connectivity index (χ4v) is 1.19. The predicted octanol–water partition coefficient (Wildman–Crippen LogP) is -0.211. The molecule has 0 spiro atoms. The smallest absolute Gasteiger partial charge is 0.304 e. The van der Waals surface area contributed by atoms with Crippen LogP contribution in [-0.2, 0) is 14.8 Å². The molecule has 0 aliphatic rings. The molecule has 0 atom stereocenters. The van der Waals surface area contributed by atoms with E-state index >= 15 is 0 Å². The Morgan fingerprint density at radius 3 is 2.33 bits per heavy atom. The van der Waals surface area contributed by atoms with Gasteiger partial charge in [0.1, 0.15) is 0 Å². The van der Waals surface area contributed by atoms with Crippen molar-refractivity contribution in [2.24, 2.45) is 0 Å². The van der Waals surface area contributed by atoms with Gasteiger partial charge in [0.2, 0.25) is 10.0 Å². The van der Waals surface area contributed by atoms with Gasteiger partial charge < -0.3 is 5.11 Å². The molecule has 0 bridgehead atoms. The molecule has 0 fully saturated rings. The summed E-state index contributed by atoms with van der Waals surface area (Å²) in [6.45, 7) is 3.02. The number of sulfonamides is 1. The topological polar surface area (TPSA) is 83.5 Å². The van der Waals surface area contributed by atoms with Crippen molar-refractivity contribution in [2.45, 2.75) is 25.5 Å². The Bertz CT molecular complexity index is 244. The van der Waals surface area contributed by atoms with Crippen molar-refractivity contribution in [3.63, 3.8) is 0 Å². The van der Waals surface area contributed by atoms with Crippen molar-refractivity contribution in [3.8, 4) is 0 Å². The molecule has 0 aromatic rings. The Hall–Kier alpha value is -0.620. The number of carboxylic acids is 1. The van der Waals surface area contributed by atoms with Gasteiger partial charge in [-0.2, -0.15) is 0 Å². The number of aliphatic carboxylic acids is 1. The van der Waals surface area contributed by atoms with Crippen LogP contribution in [0.4, 0.5) is 0 Å². The largest absolute Gasteiger partial charge is 0.481 e. The highest BCUT2D eigenvalue weighted by Gasteiger charge is 2.14. The van der Waals surface area contributed by atoms with Crippen LogP contribution in [0, 0.1) is 0 Å². The van der Waals surface area contributed by atoms with E-state index in [2.05, 4.69) is 4.72 Å². The van der Waals surface area contributed by atoms with E-state index in [-0.39, 0.29) is 13.0 Å². The van der Waals surface area contributed by atoms with Crippen molar-refractivity contribution in [2.75, 3.05) is 6.54 Å². The van der Waals surface area contributed by atoms with Gasteiger partial charge in [0.15, 0.2) is 0 Å². The molecular weight excluding hydrogens is 182 g/mol. The number of carboxylic acid groups (broad SMARTS) is 1. The van der Waals surface area contributed by atoms with Gasteiger partial charge in [-0.05, 0) is 13.8 Å². The Labute approximate surface area is 71.8 Å². The SMILES string of the molecule is CC(C)S(=O)(=O)NCCC(=O)O. The monoisotopic (exact) mass is 195 g/mol. The number of hydrogen-bond donors (Lipinski definition) is 2.